The van der Waals surface area contributed by atoms with Gasteiger partial charge in [0, 0.05) is 6.42 Å². The van der Waals surface area contributed by atoms with Crippen LogP contribution in [0.2, 0.25) is 5.02 Å². The fourth-order valence-electron chi connectivity index (χ4n) is 2.01. The molecule has 25 heavy (non-hydrogen) atoms. The number of aryl methyl sites for hydroxylation is 1. The summed E-state index contributed by atoms with van der Waals surface area (Å²) in [5.41, 5.74) is 1.64. The maximum absolute atomic E-state index is 11.7. The van der Waals surface area contributed by atoms with E-state index in [1.807, 2.05) is 31.2 Å². The summed E-state index contributed by atoms with van der Waals surface area (Å²) in [4.78, 5) is 23.4. The van der Waals surface area contributed by atoms with Crippen LogP contribution < -0.4 is 10.1 Å². The summed E-state index contributed by atoms with van der Waals surface area (Å²) in [5.74, 6) is -0.114. The molecule has 2 aromatic carbocycles. The fraction of sp³-hybridized carbons (Fsp3) is 0.263. The standard InChI is InChI=1S/C19H20ClNO4/c1-14-8-10-15(11-9-14)24-12-4-7-19(23)25-13-18(22)21-17-6-3-2-5-16(17)20/h2-3,5-6,8-11H,4,7,12-13H2,1H3,(H,21,22). The number of carbonyl (C=O) groups is 2. The van der Waals surface area contributed by atoms with Crippen molar-refractivity contribution in [2.75, 3.05) is 18.5 Å². The van der Waals surface area contributed by atoms with Gasteiger partial charge in [0.25, 0.3) is 5.91 Å². The lowest BCUT2D eigenvalue weighted by molar-refractivity contribution is -0.147. The number of para-hydroxylation sites is 1. The Balaban J connectivity index is 1.61. The summed E-state index contributed by atoms with van der Waals surface area (Å²) in [6.07, 6.45) is 0.698. The molecule has 0 atom stereocenters. The number of hydrogen-bond acceptors (Lipinski definition) is 4. The maximum Gasteiger partial charge on any atom is 0.306 e. The van der Waals surface area contributed by atoms with E-state index in [1.165, 1.54) is 0 Å². The van der Waals surface area contributed by atoms with Crippen molar-refractivity contribution in [2.24, 2.45) is 0 Å². The summed E-state index contributed by atoms with van der Waals surface area (Å²) in [5, 5.41) is 3.01. The molecule has 0 bridgehead atoms. The van der Waals surface area contributed by atoms with Crippen LogP contribution in [0.4, 0.5) is 5.69 Å². The topological polar surface area (TPSA) is 64.6 Å². The fourth-order valence-corrected chi connectivity index (χ4v) is 2.19. The minimum Gasteiger partial charge on any atom is -0.494 e. The van der Waals surface area contributed by atoms with Crippen molar-refractivity contribution in [3.8, 4) is 5.75 Å². The Kier molecular flexibility index (Phi) is 7.29. The highest BCUT2D eigenvalue weighted by Crippen LogP contribution is 2.20. The first-order valence-electron chi connectivity index (χ1n) is 7.94. The van der Waals surface area contributed by atoms with Gasteiger partial charge in [-0.15, -0.1) is 0 Å². The lowest BCUT2D eigenvalue weighted by Crippen LogP contribution is -2.21. The lowest BCUT2D eigenvalue weighted by atomic mass is 10.2. The Bertz CT molecular complexity index is 716. The highest BCUT2D eigenvalue weighted by atomic mass is 35.5. The van der Waals surface area contributed by atoms with Gasteiger partial charge in [-0.1, -0.05) is 41.4 Å². The monoisotopic (exact) mass is 361 g/mol. The molecule has 0 heterocycles. The first-order chi connectivity index (χ1) is 12.0. The first kappa shape index (κ1) is 18.8. The van der Waals surface area contributed by atoms with E-state index in [1.54, 1.807) is 24.3 Å². The van der Waals surface area contributed by atoms with Crippen molar-refractivity contribution < 1.29 is 19.1 Å². The SMILES string of the molecule is Cc1ccc(OCCCC(=O)OCC(=O)Nc2ccccc2Cl)cc1. The second-order valence-corrected chi connectivity index (χ2v) is 5.86. The molecule has 0 aromatic heterocycles. The number of ether oxygens (including phenoxy) is 2. The number of nitrogens with one attached hydrogen (secondary N) is 1. The van der Waals surface area contributed by atoms with Gasteiger partial charge >= 0.3 is 5.97 Å². The molecule has 0 saturated carbocycles. The summed E-state index contributed by atoms with van der Waals surface area (Å²) in [6.45, 7) is 2.06. The number of carbonyl (C=O) groups excluding carboxylic acids is 2. The minimum absolute atomic E-state index is 0.186. The van der Waals surface area contributed by atoms with E-state index < -0.39 is 11.9 Å². The van der Waals surface area contributed by atoms with Gasteiger partial charge in [-0.2, -0.15) is 0 Å². The molecule has 1 amide bonds. The van der Waals surface area contributed by atoms with Gasteiger partial charge in [-0.25, -0.2) is 0 Å². The van der Waals surface area contributed by atoms with Gasteiger partial charge in [0.2, 0.25) is 0 Å². The zero-order valence-electron chi connectivity index (χ0n) is 14.0. The molecule has 2 aromatic rings. The second kappa shape index (κ2) is 9.69. The van der Waals surface area contributed by atoms with Gasteiger partial charge in [-0.05, 0) is 37.6 Å². The van der Waals surface area contributed by atoms with Gasteiger partial charge in [-0.3, -0.25) is 9.59 Å². The van der Waals surface area contributed by atoms with Crippen molar-refractivity contribution in [1.29, 1.82) is 0 Å². The average molecular weight is 362 g/mol. The van der Waals surface area contributed by atoms with Gasteiger partial charge in [0.05, 0.1) is 17.3 Å². The lowest BCUT2D eigenvalue weighted by Gasteiger charge is -2.08. The third kappa shape index (κ3) is 6.85. The number of hydrogen-bond donors (Lipinski definition) is 1. The van der Waals surface area contributed by atoms with Gasteiger partial charge < -0.3 is 14.8 Å². The molecule has 0 aliphatic carbocycles. The van der Waals surface area contributed by atoms with Crippen LogP contribution in [0.3, 0.4) is 0 Å². The van der Waals surface area contributed by atoms with E-state index in [0.717, 1.165) is 11.3 Å². The molecule has 0 radical (unpaired) electrons. The van der Waals surface area contributed by atoms with Crippen LogP contribution in [-0.2, 0) is 14.3 Å². The summed E-state index contributed by atoms with van der Waals surface area (Å²) in [7, 11) is 0. The third-order valence-electron chi connectivity index (χ3n) is 3.33. The van der Waals surface area contributed by atoms with Crippen molar-refractivity contribution in [3.63, 3.8) is 0 Å². The smallest absolute Gasteiger partial charge is 0.306 e. The Morgan fingerprint density at radius 1 is 1.08 bits per heavy atom. The van der Waals surface area contributed by atoms with Gasteiger partial charge in [0.15, 0.2) is 6.61 Å². The third-order valence-corrected chi connectivity index (χ3v) is 3.66. The Labute approximate surface area is 151 Å². The Morgan fingerprint density at radius 3 is 2.52 bits per heavy atom. The molecule has 0 saturated heterocycles. The molecule has 0 aliphatic rings. The quantitative estimate of drug-likeness (QED) is 0.570. The molecular formula is C19H20ClNO4. The van der Waals surface area contributed by atoms with Crippen LogP contribution >= 0.6 is 11.6 Å². The zero-order chi connectivity index (χ0) is 18.1. The number of esters is 1. The van der Waals surface area contributed by atoms with E-state index in [2.05, 4.69) is 5.32 Å². The summed E-state index contributed by atoms with van der Waals surface area (Å²) < 4.78 is 10.5. The van der Waals surface area contributed by atoms with Crippen LogP contribution in [0, 0.1) is 6.92 Å². The van der Waals surface area contributed by atoms with Crippen LogP contribution in [0.1, 0.15) is 18.4 Å². The molecular weight excluding hydrogens is 342 g/mol. The molecule has 132 valence electrons. The molecule has 2 rings (SSSR count). The van der Waals surface area contributed by atoms with E-state index in [-0.39, 0.29) is 13.0 Å². The Hall–Kier alpha value is -2.53. The number of rotatable bonds is 8. The van der Waals surface area contributed by atoms with Gasteiger partial charge in [0.1, 0.15) is 5.75 Å². The summed E-state index contributed by atoms with van der Waals surface area (Å²) in [6, 6.07) is 14.5. The van der Waals surface area contributed by atoms with Crippen LogP contribution in [0.5, 0.6) is 5.75 Å². The number of halogens is 1. The minimum atomic E-state index is -0.443. The largest absolute Gasteiger partial charge is 0.494 e. The van der Waals surface area contributed by atoms with E-state index in [4.69, 9.17) is 21.1 Å². The van der Waals surface area contributed by atoms with Crippen LogP contribution in [0.25, 0.3) is 0 Å². The molecule has 5 nitrogen and oxygen atoms in total. The number of benzene rings is 2. The normalized spacial score (nSPS) is 10.2. The van der Waals surface area contributed by atoms with Crippen LogP contribution in [-0.4, -0.2) is 25.1 Å². The number of anilines is 1. The maximum atomic E-state index is 11.7. The second-order valence-electron chi connectivity index (χ2n) is 5.45. The van der Waals surface area contributed by atoms with E-state index in [0.29, 0.717) is 23.7 Å². The van der Waals surface area contributed by atoms with Crippen molar-refractivity contribution >= 4 is 29.2 Å². The van der Waals surface area contributed by atoms with Crippen molar-refractivity contribution in [2.45, 2.75) is 19.8 Å². The summed E-state index contributed by atoms with van der Waals surface area (Å²) >= 11 is 5.94. The van der Waals surface area contributed by atoms with E-state index >= 15 is 0 Å². The molecule has 0 unspecified atom stereocenters. The number of amides is 1. The predicted molar refractivity (Wildman–Crippen MR) is 96.9 cm³/mol. The molecule has 6 heteroatoms. The first-order valence-corrected chi connectivity index (χ1v) is 8.32. The van der Waals surface area contributed by atoms with E-state index in [9.17, 15) is 9.59 Å². The molecule has 0 fully saturated rings. The highest BCUT2D eigenvalue weighted by Gasteiger charge is 2.09. The molecule has 1 N–H and O–H groups in total. The predicted octanol–water partition coefficient (Wildman–Crippen LogP) is 3.99. The Morgan fingerprint density at radius 2 is 1.80 bits per heavy atom. The molecule has 0 aliphatic heterocycles. The average Bonchev–Trinajstić information content (AvgIpc) is 2.60. The zero-order valence-corrected chi connectivity index (χ0v) is 14.7. The van der Waals surface area contributed by atoms with Crippen molar-refractivity contribution in [1.82, 2.24) is 0 Å². The van der Waals surface area contributed by atoms with Crippen molar-refractivity contribution in [3.05, 3.63) is 59.1 Å². The van der Waals surface area contributed by atoms with Crippen LogP contribution in [0.15, 0.2) is 48.5 Å². The highest BCUT2D eigenvalue weighted by molar-refractivity contribution is 6.33. The molecule has 0 spiro atoms.